The molecule has 0 aliphatic carbocycles. The first kappa shape index (κ1) is 10.8. The zero-order valence-corrected chi connectivity index (χ0v) is 7.09. The van der Waals surface area contributed by atoms with Crippen molar-refractivity contribution in [3.63, 3.8) is 0 Å². The molecule has 0 fully saturated rings. The fourth-order valence-electron chi connectivity index (χ4n) is 0.405. The van der Waals surface area contributed by atoms with Gasteiger partial charge in [-0.1, -0.05) is 0 Å². The molecule has 0 heterocycles. The SMILES string of the molecule is COCCOCCS(=O)(=O)[O-]. The van der Waals surface area contributed by atoms with Crippen LogP contribution in [0.3, 0.4) is 0 Å². The molecule has 0 aliphatic rings. The lowest BCUT2D eigenvalue weighted by Crippen LogP contribution is -2.13. The second-order valence-corrected chi connectivity index (χ2v) is 3.39. The Hall–Kier alpha value is -0.170. The maximum absolute atomic E-state index is 10.00. The van der Waals surface area contributed by atoms with Gasteiger partial charge in [-0.05, 0) is 0 Å². The van der Waals surface area contributed by atoms with Gasteiger partial charge < -0.3 is 14.0 Å². The smallest absolute Gasteiger partial charge is 0.0968 e. The molecule has 0 aliphatic heterocycles. The highest BCUT2D eigenvalue weighted by Crippen LogP contribution is 1.83. The Morgan fingerprint density at radius 3 is 2.36 bits per heavy atom. The number of hydrogen-bond acceptors (Lipinski definition) is 5. The minimum Gasteiger partial charge on any atom is -0.748 e. The van der Waals surface area contributed by atoms with Crippen molar-refractivity contribution in [3.05, 3.63) is 0 Å². The molecule has 0 bridgehead atoms. The standard InChI is InChI=1S/C5H12O5S/c1-9-2-3-10-4-5-11(6,7)8/h2-5H2,1H3,(H,6,7,8)/p-1. The molecule has 0 spiro atoms. The molecule has 0 saturated heterocycles. The molecule has 0 aromatic rings. The van der Waals surface area contributed by atoms with Crippen molar-refractivity contribution in [2.75, 3.05) is 32.7 Å². The minimum absolute atomic E-state index is 0.0603. The van der Waals surface area contributed by atoms with Crippen molar-refractivity contribution in [1.29, 1.82) is 0 Å². The van der Waals surface area contributed by atoms with Crippen molar-refractivity contribution in [2.24, 2.45) is 0 Å². The minimum atomic E-state index is -4.13. The van der Waals surface area contributed by atoms with Crippen LogP contribution in [-0.4, -0.2) is 45.7 Å². The van der Waals surface area contributed by atoms with Crippen LogP contribution in [0.15, 0.2) is 0 Å². The summed E-state index contributed by atoms with van der Waals surface area (Å²) in [6, 6.07) is 0. The maximum atomic E-state index is 10.00. The normalized spacial score (nSPS) is 11.8. The predicted octanol–water partition coefficient (Wildman–Crippen LogP) is -0.805. The van der Waals surface area contributed by atoms with Gasteiger partial charge in [0.1, 0.15) is 0 Å². The first-order valence-corrected chi connectivity index (χ1v) is 4.64. The topological polar surface area (TPSA) is 75.7 Å². The average Bonchev–Trinajstić information content (AvgIpc) is 1.85. The van der Waals surface area contributed by atoms with Crippen LogP contribution in [0.4, 0.5) is 0 Å². The Kier molecular flexibility index (Phi) is 5.39. The molecule has 0 aromatic carbocycles. The number of methoxy groups -OCH3 is 1. The monoisotopic (exact) mass is 183 g/mol. The molecule has 68 valence electrons. The highest BCUT2D eigenvalue weighted by molar-refractivity contribution is 7.85. The van der Waals surface area contributed by atoms with E-state index in [-0.39, 0.29) is 6.61 Å². The van der Waals surface area contributed by atoms with E-state index < -0.39 is 15.9 Å². The van der Waals surface area contributed by atoms with E-state index in [1.807, 2.05) is 0 Å². The van der Waals surface area contributed by atoms with Crippen molar-refractivity contribution < 1.29 is 22.4 Å². The van der Waals surface area contributed by atoms with Crippen LogP contribution in [0.1, 0.15) is 0 Å². The first-order valence-electron chi connectivity index (χ1n) is 3.06. The van der Waals surface area contributed by atoms with Crippen molar-refractivity contribution >= 4 is 10.1 Å². The third kappa shape index (κ3) is 9.83. The van der Waals surface area contributed by atoms with Crippen LogP contribution < -0.4 is 0 Å². The summed E-state index contributed by atoms with van der Waals surface area (Å²) < 4.78 is 39.4. The van der Waals surface area contributed by atoms with Crippen LogP contribution >= 0.6 is 0 Å². The molecule has 0 radical (unpaired) electrons. The molecule has 0 saturated carbocycles. The second-order valence-electron chi connectivity index (χ2n) is 1.87. The fraction of sp³-hybridized carbons (Fsp3) is 1.00. The molecule has 11 heavy (non-hydrogen) atoms. The highest BCUT2D eigenvalue weighted by atomic mass is 32.2. The Bertz CT molecular complexity index is 173. The summed E-state index contributed by atoms with van der Waals surface area (Å²) in [5.41, 5.74) is 0. The Balaban J connectivity index is 3.16. The van der Waals surface area contributed by atoms with Gasteiger partial charge in [0.05, 0.1) is 35.7 Å². The van der Waals surface area contributed by atoms with E-state index in [0.29, 0.717) is 13.2 Å². The summed E-state index contributed by atoms with van der Waals surface area (Å²) in [4.78, 5) is 0. The Morgan fingerprint density at radius 1 is 1.27 bits per heavy atom. The number of ether oxygens (including phenoxy) is 2. The van der Waals surface area contributed by atoms with Gasteiger partial charge in [-0.2, -0.15) is 0 Å². The van der Waals surface area contributed by atoms with Gasteiger partial charge in [0, 0.05) is 7.11 Å². The summed E-state index contributed by atoms with van der Waals surface area (Å²) in [6.07, 6.45) is 0. The molecule has 0 aromatic heterocycles. The molecule has 0 unspecified atom stereocenters. The highest BCUT2D eigenvalue weighted by Gasteiger charge is 1.94. The zero-order valence-electron chi connectivity index (χ0n) is 6.28. The quantitative estimate of drug-likeness (QED) is 0.398. The van der Waals surface area contributed by atoms with E-state index in [2.05, 4.69) is 4.74 Å². The summed E-state index contributed by atoms with van der Waals surface area (Å²) in [6.45, 7) is 0.653. The van der Waals surface area contributed by atoms with Gasteiger partial charge >= 0.3 is 0 Å². The molecule has 5 nitrogen and oxygen atoms in total. The maximum Gasteiger partial charge on any atom is 0.0968 e. The number of rotatable bonds is 6. The van der Waals surface area contributed by atoms with E-state index in [0.717, 1.165) is 0 Å². The van der Waals surface area contributed by atoms with Crippen molar-refractivity contribution in [2.45, 2.75) is 0 Å². The van der Waals surface area contributed by atoms with Crippen LogP contribution in [0.2, 0.25) is 0 Å². The van der Waals surface area contributed by atoms with Gasteiger partial charge in [-0.25, -0.2) is 8.42 Å². The Labute approximate surface area is 66.1 Å². The lowest BCUT2D eigenvalue weighted by Gasteiger charge is -2.06. The van der Waals surface area contributed by atoms with Gasteiger partial charge in [-0.3, -0.25) is 0 Å². The van der Waals surface area contributed by atoms with E-state index >= 15 is 0 Å². The third-order valence-corrected chi connectivity index (χ3v) is 1.58. The average molecular weight is 183 g/mol. The Morgan fingerprint density at radius 2 is 1.91 bits per heavy atom. The molecular formula is C5H11O5S-. The zero-order chi connectivity index (χ0) is 8.74. The fourth-order valence-corrected chi connectivity index (χ4v) is 0.727. The van der Waals surface area contributed by atoms with Crippen LogP contribution in [0, 0.1) is 0 Å². The molecule has 6 heteroatoms. The van der Waals surface area contributed by atoms with Crippen LogP contribution in [0.5, 0.6) is 0 Å². The summed E-state index contributed by atoms with van der Waals surface area (Å²) in [5.74, 6) is -0.475. The van der Waals surface area contributed by atoms with Crippen molar-refractivity contribution in [3.8, 4) is 0 Å². The first-order chi connectivity index (χ1) is 5.06. The van der Waals surface area contributed by atoms with Crippen LogP contribution in [-0.2, 0) is 19.6 Å². The molecule has 0 rings (SSSR count). The molecule has 0 N–H and O–H groups in total. The molecule has 0 atom stereocenters. The lowest BCUT2D eigenvalue weighted by molar-refractivity contribution is 0.0780. The van der Waals surface area contributed by atoms with E-state index in [1.54, 1.807) is 0 Å². The van der Waals surface area contributed by atoms with Crippen LogP contribution in [0.25, 0.3) is 0 Å². The summed E-state index contributed by atoms with van der Waals surface area (Å²) in [5, 5.41) is 0. The van der Waals surface area contributed by atoms with Gasteiger partial charge in [0.15, 0.2) is 0 Å². The van der Waals surface area contributed by atoms with Crippen molar-refractivity contribution in [1.82, 2.24) is 0 Å². The summed E-state index contributed by atoms with van der Waals surface area (Å²) in [7, 11) is -2.62. The van der Waals surface area contributed by atoms with Gasteiger partial charge in [0.25, 0.3) is 0 Å². The lowest BCUT2D eigenvalue weighted by atomic mass is 10.7. The van der Waals surface area contributed by atoms with Gasteiger partial charge in [0.2, 0.25) is 0 Å². The third-order valence-electron chi connectivity index (χ3n) is 0.909. The predicted molar refractivity (Wildman–Crippen MR) is 37.3 cm³/mol. The summed E-state index contributed by atoms with van der Waals surface area (Å²) >= 11 is 0. The van der Waals surface area contributed by atoms with E-state index in [1.165, 1.54) is 7.11 Å². The number of hydrogen-bond donors (Lipinski definition) is 0. The largest absolute Gasteiger partial charge is 0.748 e. The molecular weight excluding hydrogens is 172 g/mol. The second kappa shape index (κ2) is 5.48. The van der Waals surface area contributed by atoms with E-state index in [4.69, 9.17) is 4.74 Å². The van der Waals surface area contributed by atoms with E-state index in [9.17, 15) is 13.0 Å². The molecule has 0 amide bonds. The van der Waals surface area contributed by atoms with Gasteiger partial charge in [-0.15, -0.1) is 0 Å².